The molecule has 142 valence electrons. The van der Waals surface area contributed by atoms with Crippen molar-refractivity contribution in [3.8, 4) is 0 Å². The molecule has 0 N–H and O–H groups in total. The monoisotopic (exact) mass is 356 g/mol. The number of hydrogen-bond acceptors (Lipinski definition) is 7. The van der Waals surface area contributed by atoms with Gasteiger partial charge in [-0.25, -0.2) is 0 Å². The highest BCUT2D eigenvalue weighted by Crippen LogP contribution is 2.64. The molecule has 0 radical (unpaired) electrons. The second-order valence-corrected chi connectivity index (χ2v) is 7.81. The molecule has 2 saturated carbocycles. The molecule has 0 aromatic heterocycles. The summed E-state index contributed by atoms with van der Waals surface area (Å²) in [5.41, 5.74) is -1.91. The average Bonchev–Trinajstić information content (AvgIpc) is 3.14. The summed E-state index contributed by atoms with van der Waals surface area (Å²) in [5.74, 6) is -1.61. The third-order valence-corrected chi connectivity index (χ3v) is 6.05. The van der Waals surface area contributed by atoms with Gasteiger partial charge in [0, 0.05) is 25.4 Å². The lowest BCUT2D eigenvalue weighted by Gasteiger charge is -2.46. The third kappa shape index (κ3) is 2.72. The fourth-order valence-corrected chi connectivity index (χ4v) is 4.94. The van der Waals surface area contributed by atoms with Crippen LogP contribution < -0.4 is 0 Å². The summed E-state index contributed by atoms with van der Waals surface area (Å²) < 4.78 is 28.2. The second-order valence-electron chi connectivity index (χ2n) is 7.81. The molecule has 7 nitrogen and oxygen atoms in total. The summed E-state index contributed by atoms with van der Waals surface area (Å²) in [6.07, 6.45) is 0.325. The van der Waals surface area contributed by atoms with Crippen LogP contribution in [-0.2, 0) is 33.3 Å². The molecule has 0 unspecified atom stereocenters. The van der Waals surface area contributed by atoms with Crippen molar-refractivity contribution in [2.75, 3.05) is 27.1 Å². The first-order valence-electron chi connectivity index (χ1n) is 8.85. The van der Waals surface area contributed by atoms with Gasteiger partial charge in [-0.3, -0.25) is 9.59 Å². The highest BCUT2D eigenvalue weighted by molar-refractivity contribution is 5.92. The van der Waals surface area contributed by atoms with Crippen molar-refractivity contribution in [2.24, 2.45) is 17.3 Å². The lowest BCUT2D eigenvalue weighted by atomic mass is 9.62. The van der Waals surface area contributed by atoms with E-state index in [0.29, 0.717) is 13.0 Å². The number of hydrogen-bond donors (Lipinski definition) is 0. The Morgan fingerprint density at radius 2 is 2.04 bits per heavy atom. The Hall–Kier alpha value is -1.02. The zero-order chi connectivity index (χ0) is 18.5. The minimum Gasteiger partial charge on any atom is -0.465 e. The third-order valence-electron chi connectivity index (χ3n) is 6.05. The molecule has 5 atom stereocenters. The van der Waals surface area contributed by atoms with Gasteiger partial charge in [0.05, 0.1) is 24.9 Å². The maximum absolute atomic E-state index is 13.0. The van der Waals surface area contributed by atoms with Gasteiger partial charge < -0.3 is 23.7 Å². The van der Waals surface area contributed by atoms with Gasteiger partial charge in [-0.15, -0.1) is 0 Å². The van der Waals surface area contributed by atoms with Gasteiger partial charge in [0.2, 0.25) is 0 Å². The van der Waals surface area contributed by atoms with E-state index in [1.165, 1.54) is 7.11 Å². The molecule has 3 aliphatic rings. The van der Waals surface area contributed by atoms with Crippen LogP contribution in [0.4, 0.5) is 0 Å². The van der Waals surface area contributed by atoms with Crippen molar-refractivity contribution in [1.82, 2.24) is 0 Å². The first kappa shape index (κ1) is 18.8. The number of fused-ring (bicyclic) bond motifs is 2. The minimum atomic E-state index is -0.992. The Labute approximate surface area is 148 Å². The van der Waals surface area contributed by atoms with E-state index in [4.69, 9.17) is 23.7 Å². The summed E-state index contributed by atoms with van der Waals surface area (Å²) in [6, 6.07) is 0. The summed E-state index contributed by atoms with van der Waals surface area (Å²) in [4.78, 5) is 25.6. The van der Waals surface area contributed by atoms with Gasteiger partial charge in [0.15, 0.2) is 5.79 Å². The van der Waals surface area contributed by atoms with E-state index in [2.05, 4.69) is 0 Å². The van der Waals surface area contributed by atoms with Crippen LogP contribution in [0, 0.1) is 17.3 Å². The van der Waals surface area contributed by atoms with E-state index in [0.717, 1.165) is 0 Å². The molecule has 0 spiro atoms. The van der Waals surface area contributed by atoms with Crippen LogP contribution in [0.25, 0.3) is 0 Å². The number of rotatable bonds is 6. The van der Waals surface area contributed by atoms with Crippen molar-refractivity contribution in [3.05, 3.63) is 0 Å². The average molecular weight is 356 g/mol. The highest BCUT2D eigenvalue weighted by atomic mass is 16.7. The smallest absolute Gasteiger partial charge is 0.315 e. The maximum atomic E-state index is 13.0. The summed E-state index contributed by atoms with van der Waals surface area (Å²) >= 11 is 0. The normalized spacial score (nSPS) is 42.1. The quantitative estimate of drug-likeness (QED) is 0.529. The molecule has 25 heavy (non-hydrogen) atoms. The minimum absolute atomic E-state index is 0.0230. The molecule has 1 heterocycles. The molecule has 1 aliphatic heterocycles. The summed E-state index contributed by atoms with van der Waals surface area (Å²) in [5, 5.41) is 0. The molecule has 7 heteroatoms. The fourth-order valence-electron chi connectivity index (χ4n) is 4.94. The van der Waals surface area contributed by atoms with E-state index in [-0.39, 0.29) is 49.5 Å². The van der Waals surface area contributed by atoms with Gasteiger partial charge in [0.1, 0.15) is 18.0 Å². The van der Waals surface area contributed by atoms with Crippen LogP contribution >= 0.6 is 0 Å². The SMILES string of the molecule is CCOC(=O)[C@@]1(C)[C@H]([C@H]2COC(C)(C)O2)[C@@H]2C[C@@]1(OCOC)CC2=O. The number of Topliss-reactive ketones (excluding diaryl/α,β-unsaturated/α-hetero) is 1. The predicted octanol–water partition coefficient (Wildman–Crippen LogP) is 1.68. The molecular formula is C18H28O7. The second kappa shape index (κ2) is 6.30. The van der Waals surface area contributed by atoms with Gasteiger partial charge in [-0.2, -0.15) is 0 Å². The van der Waals surface area contributed by atoms with Crippen LogP contribution in [0.2, 0.25) is 0 Å². The standard InChI is InChI=1S/C18H28O7/c1-6-22-15(20)17(4)14(13-9-23-16(2,3)25-13)11-7-18(17,8-12(11)19)24-10-21-5/h11,13-14H,6-10H2,1-5H3/t11-,13-,14+,17-,18-/m1/s1. The van der Waals surface area contributed by atoms with E-state index in [1.807, 2.05) is 20.8 Å². The summed E-state index contributed by atoms with van der Waals surface area (Å²) in [7, 11) is 1.52. The topological polar surface area (TPSA) is 80.3 Å². The van der Waals surface area contributed by atoms with E-state index in [1.54, 1.807) is 6.92 Å². The number of esters is 1. The number of ketones is 1. The van der Waals surface area contributed by atoms with E-state index >= 15 is 0 Å². The van der Waals surface area contributed by atoms with Crippen molar-refractivity contribution in [2.45, 2.75) is 58.0 Å². The molecule has 3 rings (SSSR count). The van der Waals surface area contributed by atoms with Crippen molar-refractivity contribution < 1.29 is 33.3 Å². The van der Waals surface area contributed by atoms with Crippen LogP contribution in [-0.4, -0.2) is 56.4 Å². The van der Waals surface area contributed by atoms with Crippen molar-refractivity contribution in [3.63, 3.8) is 0 Å². The lowest BCUT2D eigenvalue weighted by molar-refractivity contribution is -0.215. The Morgan fingerprint density at radius 3 is 2.60 bits per heavy atom. The molecular weight excluding hydrogens is 328 g/mol. The fraction of sp³-hybridized carbons (Fsp3) is 0.889. The zero-order valence-electron chi connectivity index (χ0n) is 15.6. The molecule has 0 aromatic carbocycles. The Morgan fingerprint density at radius 1 is 1.32 bits per heavy atom. The molecule has 3 fully saturated rings. The molecule has 2 aliphatic carbocycles. The van der Waals surface area contributed by atoms with Gasteiger partial charge in [-0.05, 0) is 34.1 Å². The van der Waals surface area contributed by atoms with E-state index < -0.39 is 16.8 Å². The van der Waals surface area contributed by atoms with Gasteiger partial charge >= 0.3 is 5.97 Å². The van der Waals surface area contributed by atoms with Crippen LogP contribution in [0.15, 0.2) is 0 Å². The van der Waals surface area contributed by atoms with Crippen molar-refractivity contribution in [1.29, 1.82) is 0 Å². The molecule has 1 saturated heterocycles. The Kier molecular flexibility index (Phi) is 4.73. The van der Waals surface area contributed by atoms with Crippen LogP contribution in [0.3, 0.4) is 0 Å². The Balaban J connectivity index is 2.00. The highest BCUT2D eigenvalue weighted by Gasteiger charge is 2.75. The molecule has 0 amide bonds. The lowest BCUT2D eigenvalue weighted by Crippen LogP contribution is -2.59. The van der Waals surface area contributed by atoms with Crippen molar-refractivity contribution >= 4 is 11.8 Å². The number of carbonyl (C=O) groups excluding carboxylic acids is 2. The Bertz CT molecular complexity index is 560. The van der Waals surface area contributed by atoms with E-state index in [9.17, 15) is 9.59 Å². The van der Waals surface area contributed by atoms with Crippen LogP contribution in [0.1, 0.15) is 40.5 Å². The molecule has 0 aromatic rings. The zero-order valence-corrected chi connectivity index (χ0v) is 15.6. The van der Waals surface area contributed by atoms with Crippen LogP contribution in [0.5, 0.6) is 0 Å². The molecule has 2 bridgehead atoms. The largest absolute Gasteiger partial charge is 0.465 e. The van der Waals surface area contributed by atoms with Gasteiger partial charge in [0.25, 0.3) is 0 Å². The number of ether oxygens (including phenoxy) is 5. The summed E-state index contributed by atoms with van der Waals surface area (Å²) in [6.45, 7) is 7.92. The predicted molar refractivity (Wildman–Crippen MR) is 86.6 cm³/mol. The number of methoxy groups -OCH3 is 1. The first-order chi connectivity index (χ1) is 11.7. The first-order valence-corrected chi connectivity index (χ1v) is 8.85. The van der Waals surface area contributed by atoms with Gasteiger partial charge in [-0.1, -0.05) is 0 Å². The maximum Gasteiger partial charge on any atom is 0.315 e. The number of carbonyl (C=O) groups is 2.